The molecule has 7 heteroatoms. The van der Waals surface area contributed by atoms with Gasteiger partial charge in [0.05, 0.1) is 12.4 Å². The third kappa shape index (κ3) is 4.14. The maximum absolute atomic E-state index is 11.9. The molecule has 0 atom stereocenters. The van der Waals surface area contributed by atoms with E-state index >= 15 is 0 Å². The molecule has 0 aromatic carbocycles. The van der Waals surface area contributed by atoms with Crippen LogP contribution in [0.15, 0.2) is 12.4 Å². The highest BCUT2D eigenvalue weighted by Gasteiger charge is 2.16. The van der Waals surface area contributed by atoms with E-state index in [1.807, 2.05) is 0 Å². The first kappa shape index (κ1) is 14.7. The highest BCUT2D eigenvalue weighted by Crippen LogP contribution is 2.18. The van der Waals surface area contributed by atoms with E-state index in [0.717, 1.165) is 19.5 Å². The third-order valence-corrected chi connectivity index (χ3v) is 3.69. The molecule has 0 unspecified atom stereocenters. The molecule has 0 bridgehead atoms. The molecular formula is C13H22N6O. The normalized spacial score (nSPS) is 16.9. The second kappa shape index (κ2) is 7.16. The van der Waals surface area contributed by atoms with Gasteiger partial charge in [0.15, 0.2) is 5.82 Å². The van der Waals surface area contributed by atoms with Crippen LogP contribution < -0.4 is 16.6 Å². The summed E-state index contributed by atoms with van der Waals surface area (Å²) < 4.78 is 0. The average molecular weight is 278 g/mol. The maximum atomic E-state index is 11.9. The van der Waals surface area contributed by atoms with Crippen molar-refractivity contribution in [2.75, 3.05) is 32.1 Å². The Morgan fingerprint density at radius 3 is 2.90 bits per heavy atom. The van der Waals surface area contributed by atoms with Crippen molar-refractivity contribution in [1.82, 2.24) is 20.2 Å². The van der Waals surface area contributed by atoms with Gasteiger partial charge in [0.1, 0.15) is 5.69 Å². The van der Waals surface area contributed by atoms with Gasteiger partial charge in [-0.15, -0.1) is 0 Å². The van der Waals surface area contributed by atoms with Crippen molar-refractivity contribution in [2.24, 2.45) is 11.8 Å². The highest BCUT2D eigenvalue weighted by atomic mass is 16.1. The number of rotatable bonds is 5. The first-order chi connectivity index (χ1) is 9.69. The Labute approximate surface area is 118 Å². The number of carbonyl (C=O) groups excluding carboxylic acids is 1. The molecule has 0 aliphatic carbocycles. The van der Waals surface area contributed by atoms with E-state index in [2.05, 4.69) is 32.7 Å². The summed E-state index contributed by atoms with van der Waals surface area (Å²) in [4.78, 5) is 22.2. The lowest BCUT2D eigenvalue weighted by atomic mass is 9.94. The predicted molar refractivity (Wildman–Crippen MR) is 77.0 cm³/mol. The Bertz CT molecular complexity index is 444. The number of carbonyl (C=O) groups is 1. The summed E-state index contributed by atoms with van der Waals surface area (Å²) in [6, 6.07) is 0. The van der Waals surface area contributed by atoms with Crippen molar-refractivity contribution in [3.05, 3.63) is 18.1 Å². The molecule has 2 rings (SSSR count). The fourth-order valence-corrected chi connectivity index (χ4v) is 2.38. The van der Waals surface area contributed by atoms with Crippen LogP contribution in [0.4, 0.5) is 5.82 Å². The van der Waals surface area contributed by atoms with Crippen LogP contribution in [0.5, 0.6) is 0 Å². The number of aromatic nitrogens is 2. The van der Waals surface area contributed by atoms with Crippen LogP contribution in [0.1, 0.15) is 29.8 Å². The number of hydrogen-bond acceptors (Lipinski definition) is 6. The first-order valence-electron chi connectivity index (χ1n) is 6.94. The molecule has 4 N–H and O–H groups in total. The molecule has 0 spiro atoms. The summed E-state index contributed by atoms with van der Waals surface area (Å²) in [6.45, 7) is 2.97. The smallest absolute Gasteiger partial charge is 0.271 e. The van der Waals surface area contributed by atoms with Gasteiger partial charge in [-0.25, -0.2) is 10.8 Å². The van der Waals surface area contributed by atoms with Gasteiger partial charge in [-0.2, -0.15) is 0 Å². The number of hydrogen-bond donors (Lipinski definition) is 3. The van der Waals surface area contributed by atoms with Crippen molar-refractivity contribution in [3.8, 4) is 0 Å². The number of piperidine rings is 1. The van der Waals surface area contributed by atoms with Crippen molar-refractivity contribution in [3.63, 3.8) is 0 Å². The Balaban J connectivity index is 1.74. The molecule has 0 saturated carbocycles. The monoisotopic (exact) mass is 278 g/mol. The number of anilines is 1. The van der Waals surface area contributed by atoms with Crippen LogP contribution in [-0.2, 0) is 0 Å². The standard InChI is InChI=1S/C13H22N6O/c1-19-6-3-10(4-7-19)2-5-16-13(20)11-8-15-9-12(17-11)18-14/h8-10H,2-7,14H2,1H3,(H,16,20)(H,17,18). The van der Waals surface area contributed by atoms with E-state index < -0.39 is 0 Å². The fraction of sp³-hybridized carbons (Fsp3) is 0.615. The lowest BCUT2D eigenvalue weighted by Crippen LogP contribution is -2.33. The maximum Gasteiger partial charge on any atom is 0.271 e. The molecule has 110 valence electrons. The minimum absolute atomic E-state index is 0.206. The van der Waals surface area contributed by atoms with Gasteiger partial charge in [0, 0.05) is 6.54 Å². The van der Waals surface area contributed by atoms with Gasteiger partial charge in [-0.3, -0.25) is 9.78 Å². The second-order valence-electron chi connectivity index (χ2n) is 5.23. The molecule has 1 amide bonds. The van der Waals surface area contributed by atoms with Crippen molar-refractivity contribution in [2.45, 2.75) is 19.3 Å². The van der Waals surface area contributed by atoms with Gasteiger partial charge < -0.3 is 15.6 Å². The molecule has 1 saturated heterocycles. The summed E-state index contributed by atoms with van der Waals surface area (Å²) in [5.41, 5.74) is 2.66. The minimum atomic E-state index is -0.206. The summed E-state index contributed by atoms with van der Waals surface area (Å²) in [5.74, 6) is 6.12. The quantitative estimate of drug-likeness (QED) is 0.527. The summed E-state index contributed by atoms with van der Waals surface area (Å²) >= 11 is 0. The lowest BCUT2D eigenvalue weighted by molar-refractivity contribution is 0.0943. The van der Waals surface area contributed by atoms with Crippen LogP contribution in [0.2, 0.25) is 0 Å². The first-order valence-corrected chi connectivity index (χ1v) is 6.94. The molecule has 2 heterocycles. The zero-order valence-electron chi connectivity index (χ0n) is 11.8. The Morgan fingerprint density at radius 2 is 2.20 bits per heavy atom. The van der Waals surface area contributed by atoms with Crippen molar-refractivity contribution < 1.29 is 4.79 Å². The van der Waals surface area contributed by atoms with E-state index in [9.17, 15) is 4.79 Å². The third-order valence-electron chi connectivity index (χ3n) is 3.69. The van der Waals surface area contributed by atoms with Crippen molar-refractivity contribution in [1.29, 1.82) is 0 Å². The van der Waals surface area contributed by atoms with E-state index in [4.69, 9.17) is 5.84 Å². The zero-order valence-corrected chi connectivity index (χ0v) is 11.8. The fourth-order valence-electron chi connectivity index (χ4n) is 2.38. The number of nitrogens with one attached hydrogen (secondary N) is 2. The topological polar surface area (TPSA) is 96.2 Å². The number of likely N-dealkylation sites (tertiary alicyclic amines) is 1. The van der Waals surface area contributed by atoms with E-state index in [1.165, 1.54) is 25.2 Å². The van der Waals surface area contributed by atoms with Gasteiger partial charge in [0.2, 0.25) is 0 Å². The Hall–Kier alpha value is -1.73. The van der Waals surface area contributed by atoms with Crippen LogP contribution >= 0.6 is 0 Å². The van der Waals surface area contributed by atoms with Crippen LogP contribution in [0.3, 0.4) is 0 Å². The van der Waals surface area contributed by atoms with E-state index in [-0.39, 0.29) is 11.6 Å². The molecule has 20 heavy (non-hydrogen) atoms. The summed E-state index contributed by atoms with van der Waals surface area (Å²) in [6.07, 6.45) is 6.33. The van der Waals surface area contributed by atoms with Crippen LogP contribution in [0, 0.1) is 5.92 Å². The molecule has 1 aliphatic heterocycles. The SMILES string of the molecule is CN1CCC(CCNC(=O)c2cncc(NN)n2)CC1. The van der Waals surface area contributed by atoms with E-state index in [1.54, 1.807) is 0 Å². The lowest BCUT2D eigenvalue weighted by Gasteiger charge is -2.28. The molecule has 1 aromatic rings. The summed E-state index contributed by atoms with van der Waals surface area (Å²) in [5, 5.41) is 2.89. The van der Waals surface area contributed by atoms with Crippen LogP contribution in [-0.4, -0.2) is 47.5 Å². The molecule has 7 nitrogen and oxygen atoms in total. The number of amides is 1. The molecule has 1 fully saturated rings. The molecule has 1 aliphatic rings. The average Bonchev–Trinajstić information content (AvgIpc) is 2.49. The second-order valence-corrected chi connectivity index (χ2v) is 5.23. The zero-order chi connectivity index (χ0) is 14.4. The van der Waals surface area contributed by atoms with Gasteiger partial charge >= 0.3 is 0 Å². The number of nitrogens with two attached hydrogens (primary N) is 1. The largest absolute Gasteiger partial charge is 0.351 e. The van der Waals surface area contributed by atoms with Gasteiger partial charge in [-0.1, -0.05) is 0 Å². The van der Waals surface area contributed by atoms with Gasteiger partial charge in [0.25, 0.3) is 5.91 Å². The molecule has 0 radical (unpaired) electrons. The number of nitrogens with zero attached hydrogens (tertiary/aromatic N) is 3. The number of hydrazine groups is 1. The minimum Gasteiger partial charge on any atom is -0.351 e. The van der Waals surface area contributed by atoms with Crippen molar-refractivity contribution >= 4 is 11.7 Å². The summed E-state index contributed by atoms with van der Waals surface area (Å²) in [7, 11) is 2.15. The molecule has 1 aromatic heterocycles. The molecular weight excluding hydrogens is 256 g/mol. The Morgan fingerprint density at radius 1 is 1.45 bits per heavy atom. The van der Waals surface area contributed by atoms with Gasteiger partial charge in [-0.05, 0) is 45.3 Å². The Kier molecular flexibility index (Phi) is 5.25. The predicted octanol–water partition coefficient (Wildman–Crippen LogP) is 0.224. The number of nitrogen functional groups attached to an aromatic ring is 1. The highest BCUT2D eigenvalue weighted by molar-refractivity contribution is 5.92. The van der Waals surface area contributed by atoms with E-state index in [0.29, 0.717) is 18.3 Å². The van der Waals surface area contributed by atoms with Crippen LogP contribution in [0.25, 0.3) is 0 Å².